The van der Waals surface area contributed by atoms with E-state index in [0.717, 1.165) is 0 Å². The largest absolute Gasteiger partial charge is 0.507 e. The number of amides is 1. The normalized spacial score (nSPS) is 17.3. The Morgan fingerprint density at radius 2 is 1.67 bits per heavy atom. The third-order valence-corrected chi connectivity index (χ3v) is 5.76. The molecule has 176 valence electrons. The second-order valence-corrected chi connectivity index (χ2v) is 7.67. The van der Waals surface area contributed by atoms with Gasteiger partial charge in [0.05, 0.1) is 50.6 Å². The smallest absolute Gasteiger partial charge is 0.295 e. The highest BCUT2D eigenvalue weighted by molar-refractivity contribution is 6.46. The van der Waals surface area contributed by atoms with Crippen molar-refractivity contribution in [2.24, 2.45) is 0 Å². The number of hydrogen-bond donors (Lipinski definition) is 1. The van der Waals surface area contributed by atoms with Gasteiger partial charge in [-0.2, -0.15) is 0 Å². The Morgan fingerprint density at radius 3 is 2.24 bits per heavy atom. The average Bonchev–Trinajstić information content (AvgIpc) is 3.07. The lowest BCUT2D eigenvalue weighted by Crippen LogP contribution is -2.30. The monoisotopic (exact) mass is 475 g/mol. The number of Topliss-reactive ketones (excluding diaryl/α,β-unsaturated/α-hetero) is 1. The van der Waals surface area contributed by atoms with Gasteiger partial charge < -0.3 is 29.0 Å². The average molecular weight is 476 g/mol. The molecular weight excluding hydrogens is 450 g/mol. The van der Waals surface area contributed by atoms with E-state index >= 15 is 0 Å². The van der Waals surface area contributed by atoms with Crippen molar-refractivity contribution in [2.75, 3.05) is 35.0 Å². The standard InChI is InChI=1S/C24H26ClNO7/c1-6-10-26-20(13-8-7-9-16(30-2)23(13)33-5)19(22(28)24(26)29)21(27)14-11-18(32-4)15(25)12-17(14)31-3/h7-9,11-12,20,27H,6,10H2,1-5H3/b21-19+. The summed E-state index contributed by atoms with van der Waals surface area (Å²) >= 11 is 6.20. The van der Waals surface area contributed by atoms with Crippen molar-refractivity contribution in [1.29, 1.82) is 0 Å². The highest BCUT2D eigenvalue weighted by Gasteiger charge is 2.47. The minimum Gasteiger partial charge on any atom is -0.507 e. The maximum absolute atomic E-state index is 13.2. The minimum atomic E-state index is -0.902. The molecule has 9 heteroatoms. The number of halogens is 1. The number of aliphatic hydroxyl groups is 1. The molecule has 1 unspecified atom stereocenters. The second-order valence-electron chi connectivity index (χ2n) is 7.26. The molecular formula is C24H26ClNO7. The van der Waals surface area contributed by atoms with Crippen LogP contribution in [0.15, 0.2) is 35.9 Å². The number of carbonyl (C=O) groups is 2. The highest BCUT2D eigenvalue weighted by Crippen LogP contribution is 2.47. The zero-order valence-corrected chi connectivity index (χ0v) is 19.9. The Hall–Kier alpha value is -3.39. The number of ether oxygens (including phenoxy) is 4. The third kappa shape index (κ3) is 4.18. The predicted molar refractivity (Wildman–Crippen MR) is 123 cm³/mol. The molecule has 1 heterocycles. The predicted octanol–water partition coefficient (Wildman–Crippen LogP) is 4.21. The van der Waals surface area contributed by atoms with E-state index in [1.807, 2.05) is 6.92 Å². The Balaban J connectivity index is 2.35. The van der Waals surface area contributed by atoms with E-state index in [1.54, 1.807) is 18.2 Å². The molecule has 0 spiro atoms. The topological polar surface area (TPSA) is 94.5 Å². The van der Waals surface area contributed by atoms with Crippen LogP contribution in [0.3, 0.4) is 0 Å². The van der Waals surface area contributed by atoms with E-state index in [4.69, 9.17) is 30.5 Å². The SMILES string of the molecule is CCCN1C(=O)C(=O)/C(=C(/O)c2cc(OC)c(Cl)cc2OC)C1c1cccc(OC)c1OC. The summed E-state index contributed by atoms with van der Waals surface area (Å²) in [6, 6.07) is 7.20. The lowest BCUT2D eigenvalue weighted by Gasteiger charge is -2.27. The van der Waals surface area contributed by atoms with Gasteiger partial charge >= 0.3 is 0 Å². The molecule has 0 aromatic heterocycles. The van der Waals surface area contributed by atoms with Gasteiger partial charge in [0.15, 0.2) is 11.5 Å². The number of hydrogen-bond acceptors (Lipinski definition) is 7. The molecule has 1 N–H and O–H groups in total. The number of carbonyl (C=O) groups excluding carboxylic acids is 2. The van der Waals surface area contributed by atoms with Gasteiger partial charge in [-0.1, -0.05) is 30.7 Å². The molecule has 2 aromatic rings. The van der Waals surface area contributed by atoms with E-state index in [2.05, 4.69) is 0 Å². The molecule has 1 amide bonds. The number of benzene rings is 2. The van der Waals surface area contributed by atoms with Crippen molar-refractivity contribution in [2.45, 2.75) is 19.4 Å². The van der Waals surface area contributed by atoms with Gasteiger partial charge in [-0.15, -0.1) is 0 Å². The van der Waals surface area contributed by atoms with Crippen LogP contribution in [-0.4, -0.2) is 56.7 Å². The number of nitrogens with zero attached hydrogens (tertiary/aromatic N) is 1. The van der Waals surface area contributed by atoms with Crippen LogP contribution in [0.4, 0.5) is 0 Å². The van der Waals surface area contributed by atoms with Crippen LogP contribution in [0.5, 0.6) is 23.0 Å². The Bertz CT molecular complexity index is 1110. The summed E-state index contributed by atoms with van der Waals surface area (Å²) in [6.45, 7) is 2.19. The summed E-state index contributed by atoms with van der Waals surface area (Å²) in [5.74, 6) is -0.648. The maximum atomic E-state index is 13.2. The molecule has 1 saturated heterocycles. The van der Waals surface area contributed by atoms with Crippen molar-refractivity contribution in [3.8, 4) is 23.0 Å². The first kappa shape index (κ1) is 24.3. The molecule has 3 rings (SSSR count). The fourth-order valence-corrected chi connectivity index (χ4v) is 4.22. The highest BCUT2D eigenvalue weighted by atomic mass is 35.5. The van der Waals surface area contributed by atoms with E-state index in [9.17, 15) is 14.7 Å². The zero-order valence-electron chi connectivity index (χ0n) is 19.1. The number of ketones is 1. The Morgan fingerprint density at radius 1 is 1.00 bits per heavy atom. The summed E-state index contributed by atoms with van der Waals surface area (Å²) in [5.41, 5.74) is 0.578. The Kier molecular flexibility index (Phi) is 7.38. The number of likely N-dealkylation sites (tertiary alicyclic amines) is 1. The molecule has 0 aliphatic carbocycles. The molecule has 0 radical (unpaired) electrons. The summed E-state index contributed by atoms with van der Waals surface area (Å²) in [6.07, 6.45) is 0.605. The second kappa shape index (κ2) is 10.0. The first-order valence-corrected chi connectivity index (χ1v) is 10.6. The summed E-state index contributed by atoms with van der Waals surface area (Å²) in [4.78, 5) is 27.6. The lowest BCUT2D eigenvalue weighted by molar-refractivity contribution is -0.139. The number of methoxy groups -OCH3 is 4. The van der Waals surface area contributed by atoms with Crippen molar-refractivity contribution in [3.05, 3.63) is 52.1 Å². The summed E-state index contributed by atoms with van der Waals surface area (Å²) in [5, 5.41) is 11.6. The van der Waals surface area contributed by atoms with E-state index in [1.165, 1.54) is 45.5 Å². The summed E-state index contributed by atoms with van der Waals surface area (Å²) in [7, 11) is 5.81. The van der Waals surface area contributed by atoms with Crippen LogP contribution in [-0.2, 0) is 9.59 Å². The first-order valence-electron chi connectivity index (χ1n) is 10.3. The molecule has 8 nitrogen and oxygen atoms in total. The third-order valence-electron chi connectivity index (χ3n) is 5.46. The molecule has 2 aromatic carbocycles. The van der Waals surface area contributed by atoms with Crippen LogP contribution in [0.25, 0.3) is 5.76 Å². The van der Waals surface area contributed by atoms with E-state index < -0.39 is 23.5 Å². The van der Waals surface area contributed by atoms with Gasteiger partial charge in [-0.05, 0) is 18.6 Å². The van der Waals surface area contributed by atoms with E-state index in [0.29, 0.717) is 30.0 Å². The van der Waals surface area contributed by atoms with Gasteiger partial charge in [-0.3, -0.25) is 9.59 Å². The Labute approximate surface area is 197 Å². The molecule has 1 fully saturated rings. The van der Waals surface area contributed by atoms with Crippen LogP contribution in [0, 0.1) is 0 Å². The van der Waals surface area contributed by atoms with Gasteiger partial charge in [0, 0.05) is 18.2 Å². The fraction of sp³-hybridized carbons (Fsp3) is 0.333. The number of para-hydroxylation sites is 1. The number of rotatable bonds is 8. The van der Waals surface area contributed by atoms with Crippen molar-refractivity contribution in [1.82, 2.24) is 4.90 Å². The fourth-order valence-electron chi connectivity index (χ4n) is 3.99. The molecule has 0 saturated carbocycles. The minimum absolute atomic E-state index is 0.0947. The lowest BCUT2D eigenvalue weighted by atomic mass is 9.94. The maximum Gasteiger partial charge on any atom is 0.295 e. The number of aliphatic hydroxyl groups excluding tert-OH is 1. The van der Waals surface area contributed by atoms with Crippen LogP contribution < -0.4 is 18.9 Å². The van der Waals surface area contributed by atoms with Crippen LogP contribution in [0.2, 0.25) is 5.02 Å². The molecule has 1 atom stereocenters. The van der Waals surface area contributed by atoms with Crippen LogP contribution >= 0.6 is 11.6 Å². The van der Waals surface area contributed by atoms with E-state index in [-0.39, 0.29) is 27.7 Å². The van der Waals surface area contributed by atoms with Gasteiger partial charge in [0.2, 0.25) is 0 Å². The molecule has 1 aliphatic rings. The van der Waals surface area contributed by atoms with Gasteiger partial charge in [-0.25, -0.2) is 0 Å². The molecule has 1 aliphatic heterocycles. The van der Waals surface area contributed by atoms with Gasteiger partial charge in [0.1, 0.15) is 17.3 Å². The molecule has 0 bridgehead atoms. The van der Waals surface area contributed by atoms with Crippen molar-refractivity contribution < 1.29 is 33.6 Å². The van der Waals surface area contributed by atoms with Crippen molar-refractivity contribution >= 4 is 29.1 Å². The molecule has 33 heavy (non-hydrogen) atoms. The van der Waals surface area contributed by atoms with Crippen LogP contribution in [0.1, 0.15) is 30.5 Å². The summed E-state index contributed by atoms with van der Waals surface area (Å²) < 4.78 is 21.6. The quantitative estimate of drug-likeness (QED) is 0.347. The zero-order chi connectivity index (χ0) is 24.3. The van der Waals surface area contributed by atoms with Crippen molar-refractivity contribution in [3.63, 3.8) is 0 Å². The first-order chi connectivity index (χ1) is 15.8. The van der Waals surface area contributed by atoms with Gasteiger partial charge in [0.25, 0.3) is 11.7 Å².